The van der Waals surface area contributed by atoms with Crippen LogP contribution in [0.2, 0.25) is 0 Å². The number of esters is 1. The van der Waals surface area contributed by atoms with Crippen molar-refractivity contribution in [1.29, 1.82) is 0 Å². The van der Waals surface area contributed by atoms with Crippen LogP contribution in [0.4, 0.5) is 0 Å². The van der Waals surface area contributed by atoms with E-state index in [9.17, 15) is 9.59 Å². The van der Waals surface area contributed by atoms with Crippen LogP contribution in [0.3, 0.4) is 0 Å². The number of carbonyl (C=O) groups excluding carboxylic acids is 2. The van der Waals surface area contributed by atoms with Crippen molar-refractivity contribution < 1.29 is 23.8 Å². The first kappa shape index (κ1) is 21.2. The minimum atomic E-state index is -0.350. The number of nitrogens with zero attached hydrogens (tertiary/aromatic N) is 2. The van der Waals surface area contributed by atoms with Gasteiger partial charge in [0.25, 0.3) is 0 Å². The molecule has 0 aliphatic carbocycles. The Morgan fingerprint density at radius 3 is 2.53 bits per heavy atom. The highest BCUT2D eigenvalue weighted by atomic mass is 16.5. The minimum Gasteiger partial charge on any atom is -0.493 e. The number of hydrogen-bond donors (Lipinski definition) is 1. The standard InChI is InChI=1S/C22H25N3O5/c1-28-18-9-8-15(12-19(18)29-2)13-21(26)23-11-10-20-24-16-6-4-5-7-17(16)25(20)14-22(27)30-3/h4-9,12H,10-11,13-14H2,1-3H3,(H,23,26). The molecule has 0 unspecified atom stereocenters. The van der Waals surface area contributed by atoms with Gasteiger partial charge in [0.1, 0.15) is 12.4 Å². The van der Waals surface area contributed by atoms with Crippen LogP contribution in [-0.4, -0.2) is 49.3 Å². The number of imidazole rings is 1. The summed E-state index contributed by atoms with van der Waals surface area (Å²) in [6.07, 6.45) is 0.711. The maximum Gasteiger partial charge on any atom is 0.325 e. The molecule has 1 heterocycles. The third-order valence-corrected chi connectivity index (χ3v) is 4.73. The lowest BCUT2D eigenvalue weighted by molar-refractivity contribution is -0.141. The van der Waals surface area contributed by atoms with Gasteiger partial charge in [-0.1, -0.05) is 18.2 Å². The molecular weight excluding hydrogens is 386 g/mol. The molecule has 0 aliphatic heterocycles. The van der Waals surface area contributed by atoms with Crippen LogP contribution >= 0.6 is 0 Å². The lowest BCUT2D eigenvalue weighted by atomic mass is 10.1. The Bertz CT molecular complexity index is 1040. The molecule has 0 radical (unpaired) electrons. The molecule has 2 aromatic carbocycles. The van der Waals surface area contributed by atoms with Crippen molar-refractivity contribution in [2.24, 2.45) is 0 Å². The number of carbonyl (C=O) groups is 2. The van der Waals surface area contributed by atoms with Crippen molar-refractivity contribution in [3.8, 4) is 11.5 Å². The normalized spacial score (nSPS) is 10.6. The van der Waals surface area contributed by atoms with E-state index in [0.717, 1.165) is 16.6 Å². The van der Waals surface area contributed by atoms with Crippen LogP contribution in [0, 0.1) is 0 Å². The van der Waals surface area contributed by atoms with Crippen molar-refractivity contribution in [2.45, 2.75) is 19.4 Å². The van der Waals surface area contributed by atoms with Crippen molar-refractivity contribution in [3.63, 3.8) is 0 Å². The maximum atomic E-state index is 12.4. The predicted molar refractivity (Wildman–Crippen MR) is 112 cm³/mol. The third-order valence-electron chi connectivity index (χ3n) is 4.73. The lowest BCUT2D eigenvalue weighted by Gasteiger charge is -2.10. The monoisotopic (exact) mass is 411 g/mol. The van der Waals surface area contributed by atoms with E-state index in [-0.39, 0.29) is 24.8 Å². The maximum absolute atomic E-state index is 12.4. The van der Waals surface area contributed by atoms with Crippen molar-refractivity contribution in [3.05, 3.63) is 53.9 Å². The smallest absolute Gasteiger partial charge is 0.325 e. The van der Waals surface area contributed by atoms with Gasteiger partial charge in [-0.3, -0.25) is 9.59 Å². The van der Waals surface area contributed by atoms with Crippen LogP contribution in [0.15, 0.2) is 42.5 Å². The number of ether oxygens (including phenoxy) is 3. The Labute approximate surface area is 174 Å². The summed E-state index contributed by atoms with van der Waals surface area (Å²) in [4.78, 5) is 28.7. The number of rotatable bonds is 9. The summed E-state index contributed by atoms with van der Waals surface area (Å²) < 4.78 is 17.1. The summed E-state index contributed by atoms with van der Waals surface area (Å²) in [5, 5.41) is 2.90. The summed E-state index contributed by atoms with van der Waals surface area (Å²) in [6.45, 7) is 0.475. The first-order valence-corrected chi connectivity index (χ1v) is 9.54. The van der Waals surface area contributed by atoms with E-state index >= 15 is 0 Å². The SMILES string of the molecule is COC(=O)Cn1c(CCNC(=O)Cc2ccc(OC)c(OC)c2)nc2ccccc21. The van der Waals surface area contributed by atoms with E-state index in [0.29, 0.717) is 30.3 Å². The van der Waals surface area contributed by atoms with E-state index in [4.69, 9.17) is 14.2 Å². The first-order valence-electron chi connectivity index (χ1n) is 9.54. The van der Waals surface area contributed by atoms with Gasteiger partial charge in [0, 0.05) is 13.0 Å². The van der Waals surface area contributed by atoms with Gasteiger partial charge in [0.2, 0.25) is 5.91 Å². The van der Waals surface area contributed by atoms with Crippen LogP contribution in [0.5, 0.6) is 11.5 Å². The fourth-order valence-corrected chi connectivity index (χ4v) is 3.24. The van der Waals surface area contributed by atoms with Crippen LogP contribution in [0.1, 0.15) is 11.4 Å². The fourth-order valence-electron chi connectivity index (χ4n) is 3.24. The summed E-state index contributed by atoms with van der Waals surface area (Å²) in [5.74, 6) is 1.45. The molecule has 0 saturated carbocycles. The first-order chi connectivity index (χ1) is 14.5. The second-order valence-corrected chi connectivity index (χ2v) is 6.65. The molecular formula is C22H25N3O5. The Hall–Kier alpha value is -3.55. The number of methoxy groups -OCH3 is 3. The average Bonchev–Trinajstić information content (AvgIpc) is 3.10. The molecule has 0 fully saturated rings. The molecule has 158 valence electrons. The molecule has 1 amide bonds. The summed E-state index contributed by atoms with van der Waals surface area (Å²) in [5.41, 5.74) is 2.48. The average molecular weight is 411 g/mol. The van der Waals surface area contributed by atoms with Crippen LogP contribution in [0.25, 0.3) is 11.0 Å². The van der Waals surface area contributed by atoms with E-state index in [2.05, 4.69) is 10.3 Å². The predicted octanol–water partition coefficient (Wildman–Crippen LogP) is 2.13. The molecule has 0 atom stereocenters. The molecule has 30 heavy (non-hydrogen) atoms. The zero-order chi connectivity index (χ0) is 21.5. The number of fused-ring (bicyclic) bond motifs is 1. The van der Waals surface area contributed by atoms with E-state index in [1.807, 2.05) is 34.9 Å². The van der Waals surface area contributed by atoms with Gasteiger partial charge < -0.3 is 24.1 Å². The van der Waals surface area contributed by atoms with Gasteiger partial charge in [-0.25, -0.2) is 4.98 Å². The largest absolute Gasteiger partial charge is 0.493 e. The topological polar surface area (TPSA) is 91.7 Å². The molecule has 0 saturated heterocycles. The summed E-state index contributed by atoms with van der Waals surface area (Å²) in [7, 11) is 4.48. The molecule has 0 spiro atoms. The zero-order valence-corrected chi connectivity index (χ0v) is 17.3. The van der Waals surface area contributed by atoms with Gasteiger partial charge in [0.15, 0.2) is 11.5 Å². The van der Waals surface area contributed by atoms with Crippen LogP contribution < -0.4 is 14.8 Å². The molecule has 3 rings (SSSR count). The van der Waals surface area contributed by atoms with Crippen molar-refractivity contribution in [1.82, 2.24) is 14.9 Å². The molecule has 0 bridgehead atoms. The van der Waals surface area contributed by atoms with E-state index in [1.54, 1.807) is 26.4 Å². The van der Waals surface area contributed by atoms with Crippen LogP contribution in [-0.2, 0) is 33.7 Å². The Kier molecular flexibility index (Phi) is 6.90. The van der Waals surface area contributed by atoms with Gasteiger partial charge in [-0.05, 0) is 29.8 Å². The Balaban J connectivity index is 1.63. The second-order valence-electron chi connectivity index (χ2n) is 6.65. The van der Waals surface area contributed by atoms with Gasteiger partial charge in [-0.15, -0.1) is 0 Å². The highest BCUT2D eigenvalue weighted by Crippen LogP contribution is 2.27. The lowest BCUT2D eigenvalue weighted by Crippen LogP contribution is -2.28. The molecule has 3 aromatic rings. The summed E-state index contributed by atoms with van der Waals surface area (Å²) in [6, 6.07) is 13.0. The number of hydrogen-bond acceptors (Lipinski definition) is 6. The number of benzene rings is 2. The highest BCUT2D eigenvalue weighted by Gasteiger charge is 2.14. The van der Waals surface area contributed by atoms with Crippen molar-refractivity contribution >= 4 is 22.9 Å². The van der Waals surface area contributed by atoms with E-state index in [1.165, 1.54) is 7.11 Å². The second kappa shape index (κ2) is 9.78. The molecule has 1 N–H and O–H groups in total. The van der Waals surface area contributed by atoms with Crippen molar-refractivity contribution in [2.75, 3.05) is 27.9 Å². The number of nitrogens with one attached hydrogen (secondary N) is 1. The minimum absolute atomic E-state index is 0.0753. The Morgan fingerprint density at radius 2 is 1.80 bits per heavy atom. The molecule has 0 aliphatic rings. The molecule has 8 nitrogen and oxygen atoms in total. The Morgan fingerprint density at radius 1 is 1.03 bits per heavy atom. The van der Waals surface area contributed by atoms with Gasteiger partial charge >= 0.3 is 5.97 Å². The molecule has 1 aromatic heterocycles. The number of para-hydroxylation sites is 2. The summed E-state index contributed by atoms with van der Waals surface area (Å²) >= 11 is 0. The zero-order valence-electron chi connectivity index (χ0n) is 17.3. The number of amides is 1. The van der Waals surface area contributed by atoms with Gasteiger partial charge in [-0.2, -0.15) is 0 Å². The third kappa shape index (κ3) is 4.89. The fraction of sp³-hybridized carbons (Fsp3) is 0.318. The quantitative estimate of drug-likeness (QED) is 0.543. The number of aromatic nitrogens is 2. The molecule has 8 heteroatoms. The van der Waals surface area contributed by atoms with Gasteiger partial charge in [0.05, 0.1) is 38.8 Å². The highest BCUT2D eigenvalue weighted by molar-refractivity contribution is 5.80. The van der Waals surface area contributed by atoms with E-state index < -0.39 is 0 Å².